The van der Waals surface area contributed by atoms with E-state index in [1.165, 1.54) is 33.4 Å². The molecular formula is C31H34O3. The lowest BCUT2D eigenvalue weighted by Crippen LogP contribution is -2.06. The third kappa shape index (κ3) is 5.85. The molecule has 0 spiro atoms. The number of hydrogen-bond acceptors (Lipinski definition) is 3. The molecule has 0 radical (unpaired) electrons. The summed E-state index contributed by atoms with van der Waals surface area (Å²) in [5.41, 5.74) is 9.19. The molecular weight excluding hydrogens is 420 g/mol. The number of allylic oxidation sites excluding steroid dienone is 2. The van der Waals surface area contributed by atoms with Crippen molar-refractivity contribution in [2.45, 2.75) is 54.4 Å². The average Bonchev–Trinajstić information content (AvgIpc) is 2.84. The van der Waals surface area contributed by atoms with E-state index in [1.807, 2.05) is 12.1 Å². The summed E-state index contributed by atoms with van der Waals surface area (Å²) in [5.74, 6) is 1.19. The summed E-state index contributed by atoms with van der Waals surface area (Å²) in [7, 11) is 0. The Morgan fingerprint density at radius 2 is 1.38 bits per heavy atom. The van der Waals surface area contributed by atoms with Gasteiger partial charge in [-0.15, -0.1) is 0 Å². The summed E-state index contributed by atoms with van der Waals surface area (Å²) in [6.45, 7) is 15.2. The van der Waals surface area contributed by atoms with Crippen molar-refractivity contribution in [3.05, 3.63) is 101 Å². The van der Waals surface area contributed by atoms with Gasteiger partial charge in [-0.3, -0.25) is 0 Å². The second-order valence-corrected chi connectivity index (χ2v) is 8.64. The van der Waals surface area contributed by atoms with Gasteiger partial charge in [0.05, 0.1) is 0 Å². The fourth-order valence-corrected chi connectivity index (χ4v) is 3.79. The molecule has 0 heterocycles. The van der Waals surface area contributed by atoms with Crippen LogP contribution in [0.25, 0.3) is 22.3 Å². The normalized spacial score (nSPS) is 11.6. The summed E-state index contributed by atoms with van der Waals surface area (Å²) in [6.07, 6.45) is 2.00. The van der Waals surface area contributed by atoms with E-state index in [0.29, 0.717) is 22.8 Å². The summed E-state index contributed by atoms with van der Waals surface area (Å²) >= 11 is 0. The second-order valence-electron chi connectivity index (χ2n) is 8.64. The van der Waals surface area contributed by atoms with Gasteiger partial charge in [0, 0.05) is 5.57 Å². The van der Waals surface area contributed by atoms with Crippen LogP contribution < -0.4 is 4.74 Å². The van der Waals surface area contributed by atoms with Crippen molar-refractivity contribution in [1.82, 2.24) is 0 Å². The van der Waals surface area contributed by atoms with E-state index in [1.54, 1.807) is 20.8 Å². The largest absolute Gasteiger partial charge is 0.459 e. The fourth-order valence-electron chi connectivity index (χ4n) is 3.79. The SMILES string of the molecule is C=C(C)C(=O)O/C(C)=C(\C)Oc1ccc(-c2cc(C)c(-c3ccc(CC)cc3)cc2CC)cc1. The number of benzene rings is 3. The number of ether oxygens (including phenoxy) is 2. The molecule has 3 rings (SSSR count). The predicted molar refractivity (Wildman–Crippen MR) is 141 cm³/mol. The predicted octanol–water partition coefficient (Wildman–Crippen LogP) is 8.20. The molecule has 0 unspecified atom stereocenters. The summed E-state index contributed by atoms with van der Waals surface area (Å²) in [4.78, 5) is 11.7. The van der Waals surface area contributed by atoms with Crippen molar-refractivity contribution < 1.29 is 14.3 Å². The van der Waals surface area contributed by atoms with E-state index < -0.39 is 5.97 Å². The first-order valence-electron chi connectivity index (χ1n) is 11.8. The zero-order valence-electron chi connectivity index (χ0n) is 21.1. The first-order valence-corrected chi connectivity index (χ1v) is 11.8. The first-order chi connectivity index (χ1) is 16.2. The second kappa shape index (κ2) is 11.0. The van der Waals surface area contributed by atoms with Gasteiger partial charge >= 0.3 is 5.97 Å². The third-order valence-corrected chi connectivity index (χ3v) is 6.03. The summed E-state index contributed by atoms with van der Waals surface area (Å²) in [5, 5.41) is 0. The Kier molecular flexibility index (Phi) is 8.12. The van der Waals surface area contributed by atoms with Crippen molar-refractivity contribution in [2.75, 3.05) is 0 Å². The van der Waals surface area contributed by atoms with Crippen LogP contribution in [0.1, 0.15) is 51.3 Å². The maximum atomic E-state index is 11.7. The van der Waals surface area contributed by atoms with E-state index in [9.17, 15) is 4.79 Å². The molecule has 0 saturated heterocycles. The Labute approximate surface area is 203 Å². The minimum atomic E-state index is -0.456. The van der Waals surface area contributed by atoms with Crippen molar-refractivity contribution in [2.24, 2.45) is 0 Å². The smallest absolute Gasteiger partial charge is 0.338 e. The van der Waals surface area contributed by atoms with Crippen LogP contribution in [0, 0.1) is 6.92 Å². The van der Waals surface area contributed by atoms with Gasteiger partial charge in [-0.2, -0.15) is 0 Å². The number of carbonyl (C=O) groups excluding carboxylic acids is 1. The van der Waals surface area contributed by atoms with Crippen LogP contribution in [-0.2, 0) is 22.4 Å². The molecule has 0 amide bonds. The Bertz CT molecular complexity index is 1210. The molecule has 0 aliphatic heterocycles. The van der Waals surface area contributed by atoms with Crippen LogP contribution in [0.4, 0.5) is 0 Å². The molecule has 3 aromatic rings. The van der Waals surface area contributed by atoms with Gasteiger partial charge in [0.15, 0.2) is 0 Å². The Hall–Kier alpha value is -3.59. The maximum absolute atomic E-state index is 11.7. The van der Waals surface area contributed by atoms with Crippen LogP contribution in [0.2, 0.25) is 0 Å². The average molecular weight is 455 g/mol. The van der Waals surface area contributed by atoms with Crippen LogP contribution in [0.3, 0.4) is 0 Å². The quantitative estimate of drug-likeness (QED) is 0.195. The highest BCUT2D eigenvalue weighted by Crippen LogP contribution is 2.33. The van der Waals surface area contributed by atoms with E-state index in [2.05, 4.69) is 75.9 Å². The number of rotatable bonds is 8. The minimum absolute atomic E-state index is 0.350. The fraction of sp³-hybridized carbons (Fsp3) is 0.258. The van der Waals surface area contributed by atoms with Crippen LogP contribution in [-0.4, -0.2) is 5.97 Å². The highest BCUT2D eigenvalue weighted by Gasteiger charge is 2.12. The molecule has 0 bridgehead atoms. The van der Waals surface area contributed by atoms with E-state index in [0.717, 1.165) is 18.4 Å². The summed E-state index contributed by atoms with van der Waals surface area (Å²) < 4.78 is 11.2. The lowest BCUT2D eigenvalue weighted by Gasteiger charge is -2.15. The van der Waals surface area contributed by atoms with Crippen LogP contribution in [0.5, 0.6) is 5.75 Å². The molecule has 0 N–H and O–H groups in total. The zero-order chi connectivity index (χ0) is 24.8. The minimum Gasteiger partial charge on any atom is -0.459 e. The van der Waals surface area contributed by atoms with Gasteiger partial charge in [0.1, 0.15) is 17.3 Å². The molecule has 3 heteroatoms. The van der Waals surface area contributed by atoms with Crippen molar-refractivity contribution in [3.63, 3.8) is 0 Å². The van der Waals surface area contributed by atoms with Gasteiger partial charge in [-0.05, 0) is 91.6 Å². The van der Waals surface area contributed by atoms with Gasteiger partial charge in [0.25, 0.3) is 0 Å². The molecule has 0 saturated carbocycles. The lowest BCUT2D eigenvalue weighted by atomic mass is 9.90. The number of aryl methyl sites for hydroxylation is 3. The Morgan fingerprint density at radius 3 is 1.94 bits per heavy atom. The monoisotopic (exact) mass is 454 g/mol. The molecule has 3 aromatic carbocycles. The van der Waals surface area contributed by atoms with E-state index in [-0.39, 0.29) is 0 Å². The zero-order valence-corrected chi connectivity index (χ0v) is 21.1. The molecule has 0 aliphatic rings. The molecule has 0 atom stereocenters. The van der Waals surface area contributed by atoms with Crippen molar-refractivity contribution >= 4 is 5.97 Å². The highest BCUT2D eigenvalue weighted by atomic mass is 16.6. The molecule has 3 nitrogen and oxygen atoms in total. The number of carbonyl (C=O) groups is 1. The van der Waals surface area contributed by atoms with E-state index >= 15 is 0 Å². The Balaban J connectivity index is 1.85. The first kappa shape index (κ1) is 25.0. The molecule has 34 heavy (non-hydrogen) atoms. The highest BCUT2D eigenvalue weighted by molar-refractivity contribution is 5.87. The molecule has 0 fully saturated rings. The third-order valence-electron chi connectivity index (χ3n) is 6.03. The number of esters is 1. The van der Waals surface area contributed by atoms with Crippen LogP contribution in [0.15, 0.2) is 84.3 Å². The van der Waals surface area contributed by atoms with E-state index in [4.69, 9.17) is 9.47 Å². The number of hydrogen-bond donors (Lipinski definition) is 0. The Morgan fingerprint density at radius 1 is 0.794 bits per heavy atom. The van der Waals surface area contributed by atoms with Crippen molar-refractivity contribution in [1.29, 1.82) is 0 Å². The lowest BCUT2D eigenvalue weighted by molar-refractivity contribution is -0.135. The molecule has 176 valence electrons. The molecule has 0 aliphatic carbocycles. The summed E-state index contributed by atoms with van der Waals surface area (Å²) in [6, 6.07) is 21.5. The van der Waals surface area contributed by atoms with Gasteiger partial charge in [0.2, 0.25) is 0 Å². The van der Waals surface area contributed by atoms with Gasteiger partial charge in [-0.1, -0.05) is 69.0 Å². The topological polar surface area (TPSA) is 35.5 Å². The standard InChI is InChI=1S/C31H34O3/c1-8-24-10-12-26(13-11-24)29-19-25(9-2)30(18-21(29)5)27-14-16-28(17-15-27)33-22(6)23(7)34-31(32)20(3)4/h10-19H,3,8-9H2,1-2,4-7H3/b23-22+. The van der Waals surface area contributed by atoms with Gasteiger partial charge in [-0.25, -0.2) is 4.79 Å². The van der Waals surface area contributed by atoms with Crippen molar-refractivity contribution in [3.8, 4) is 28.0 Å². The van der Waals surface area contributed by atoms with Gasteiger partial charge < -0.3 is 9.47 Å². The molecule has 0 aromatic heterocycles. The maximum Gasteiger partial charge on any atom is 0.338 e. The van der Waals surface area contributed by atoms with Crippen LogP contribution >= 0.6 is 0 Å².